The Kier molecular flexibility index (Phi) is 5.85. The van der Waals surface area contributed by atoms with Crippen LogP contribution in [-0.2, 0) is 4.79 Å². The number of carbonyl (C=O) groups is 1. The number of rotatable bonds is 6. The standard InChI is InChI=1S/C22H17N3O4/c1-15-7-12-19(20(13-15)25(27)28)24-22(26)21(17-5-3-2-4-6-17)29-18-10-8-16(14-23)9-11-18/h2-13,21H,1H3,(H,24,26)/t21-/m0/s1. The molecule has 0 radical (unpaired) electrons. The van der Waals surface area contributed by atoms with Crippen LogP contribution in [0.5, 0.6) is 5.75 Å². The Hall–Kier alpha value is -4.18. The van der Waals surface area contributed by atoms with Crippen LogP contribution in [0.3, 0.4) is 0 Å². The van der Waals surface area contributed by atoms with Crippen molar-refractivity contribution in [1.82, 2.24) is 0 Å². The van der Waals surface area contributed by atoms with Crippen LogP contribution in [0.4, 0.5) is 11.4 Å². The fourth-order valence-corrected chi connectivity index (χ4v) is 2.74. The smallest absolute Gasteiger partial charge is 0.293 e. The van der Waals surface area contributed by atoms with Gasteiger partial charge in [-0.2, -0.15) is 5.26 Å². The van der Waals surface area contributed by atoms with Crippen LogP contribution in [0.25, 0.3) is 0 Å². The predicted molar refractivity (Wildman–Crippen MR) is 107 cm³/mol. The molecule has 3 rings (SSSR count). The van der Waals surface area contributed by atoms with E-state index in [-0.39, 0.29) is 11.4 Å². The number of nitrogens with zero attached hydrogens (tertiary/aromatic N) is 2. The zero-order chi connectivity index (χ0) is 20.8. The maximum atomic E-state index is 13.0. The van der Waals surface area contributed by atoms with E-state index in [1.807, 2.05) is 12.1 Å². The summed E-state index contributed by atoms with van der Waals surface area (Å²) >= 11 is 0. The molecule has 0 aliphatic heterocycles. The van der Waals surface area contributed by atoms with E-state index in [1.54, 1.807) is 61.5 Å². The highest BCUT2D eigenvalue weighted by Gasteiger charge is 2.25. The van der Waals surface area contributed by atoms with Gasteiger partial charge in [-0.15, -0.1) is 0 Å². The first-order valence-electron chi connectivity index (χ1n) is 8.75. The third-order valence-corrected chi connectivity index (χ3v) is 4.19. The molecule has 1 atom stereocenters. The van der Waals surface area contributed by atoms with E-state index in [9.17, 15) is 14.9 Å². The molecule has 0 aromatic heterocycles. The number of nitriles is 1. The number of anilines is 1. The van der Waals surface area contributed by atoms with E-state index in [1.165, 1.54) is 12.1 Å². The molecule has 7 heteroatoms. The summed E-state index contributed by atoms with van der Waals surface area (Å²) in [7, 11) is 0. The monoisotopic (exact) mass is 387 g/mol. The van der Waals surface area contributed by atoms with Crippen molar-refractivity contribution in [1.29, 1.82) is 5.26 Å². The number of nitro benzene ring substituents is 1. The summed E-state index contributed by atoms with van der Waals surface area (Å²) in [5.74, 6) is -0.154. The largest absolute Gasteiger partial charge is 0.476 e. The van der Waals surface area contributed by atoms with Crippen LogP contribution in [0.15, 0.2) is 72.8 Å². The normalized spacial score (nSPS) is 11.2. The maximum absolute atomic E-state index is 13.0. The van der Waals surface area contributed by atoms with Crippen molar-refractivity contribution in [2.45, 2.75) is 13.0 Å². The summed E-state index contributed by atoms with van der Waals surface area (Å²) in [5, 5.41) is 22.9. The Morgan fingerprint density at radius 2 is 1.79 bits per heavy atom. The SMILES string of the molecule is Cc1ccc(NC(=O)[C@@H](Oc2ccc(C#N)cc2)c2ccccc2)c([N+](=O)[O-])c1. The van der Waals surface area contributed by atoms with Gasteiger partial charge in [-0.05, 0) is 42.8 Å². The number of amides is 1. The van der Waals surface area contributed by atoms with Crippen molar-refractivity contribution in [3.05, 3.63) is 99.6 Å². The maximum Gasteiger partial charge on any atom is 0.293 e. The van der Waals surface area contributed by atoms with Crippen molar-refractivity contribution in [2.24, 2.45) is 0 Å². The molecule has 1 N–H and O–H groups in total. The Bertz CT molecular complexity index is 1070. The van der Waals surface area contributed by atoms with Gasteiger partial charge in [0.05, 0.1) is 16.6 Å². The van der Waals surface area contributed by atoms with Gasteiger partial charge in [-0.3, -0.25) is 14.9 Å². The average Bonchev–Trinajstić information content (AvgIpc) is 2.74. The minimum atomic E-state index is -1.04. The Morgan fingerprint density at radius 3 is 2.41 bits per heavy atom. The number of carbonyl (C=O) groups excluding carboxylic acids is 1. The van der Waals surface area contributed by atoms with Crippen LogP contribution in [0.2, 0.25) is 0 Å². The van der Waals surface area contributed by atoms with Crippen LogP contribution < -0.4 is 10.1 Å². The highest BCUT2D eigenvalue weighted by molar-refractivity contribution is 5.97. The number of hydrogen-bond donors (Lipinski definition) is 1. The molecule has 144 valence electrons. The van der Waals surface area contributed by atoms with Crippen molar-refractivity contribution in [3.63, 3.8) is 0 Å². The van der Waals surface area contributed by atoms with Gasteiger partial charge in [0.1, 0.15) is 11.4 Å². The van der Waals surface area contributed by atoms with Crippen molar-refractivity contribution >= 4 is 17.3 Å². The van der Waals surface area contributed by atoms with Gasteiger partial charge in [-0.1, -0.05) is 36.4 Å². The fraction of sp³-hybridized carbons (Fsp3) is 0.0909. The minimum absolute atomic E-state index is 0.0926. The van der Waals surface area contributed by atoms with Gasteiger partial charge in [0.25, 0.3) is 11.6 Å². The van der Waals surface area contributed by atoms with E-state index in [4.69, 9.17) is 10.00 Å². The highest BCUT2D eigenvalue weighted by Crippen LogP contribution is 2.28. The average molecular weight is 387 g/mol. The molecule has 0 bridgehead atoms. The van der Waals surface area contributed by atoms with E-state index in [0.29, 0.717) is 22.4 Å². The summed E-state index contributed by atoms with van der Waals surface area (Å²) in [6, 6.07) is 21.8. The topological polar surface area (TPSA) is 105 Å². The number of aryl methyl sites for hydroxylation is 1. The molecule has 0 saturated carbocycles. The van der Waals surface area contributed by atoms with Gasteiger partial charge in [0.15, 0.2) is 0 Å². The lowest BCUT2D eigenvalue weighted by atomic mass is 10.1. The molecule has 1 amide bonds. The summed E-state index contributed by atoms with van der Waals surface area (Å²) in [6.07, 6.45) is -1.04. The molecule has 3 aromatic carbocycles. The van der Waals surface area contributed by atoms with Crippen molar-refractivity contribution in [3.8, 4) is 11.8 Å². The Morgan fingerprint density at radius 1 is 1.10 bits per heavy atom. The molecule has 0 aliphatic rings. The summed E-state index contributed by atoms with van der Waals surface area (Å²) < 4.78 is 5.87. The predicted octanol–water partition coefficient (Wildman–Crippen LogP) is 4.53. The number of hydrogen-bond acceptors (Lipinski definition) is 5. The molecule has 0 aliphatic carbocycles. The Labute approximate surface area is 167 Å². The van der Waals surface area contributed by atoms with E-state index < -0.39 is 16.9 Å². The van der Waals surface area contributed by atoms with Gasteiger partial charge >= 0.3 is 0 Å². The number of benzene rings is 3. The third-order valence-electron chi connectivity index (χ3n) is 4.19. The molecule has 0 spiro atoms. The van der Waals surface area contributed by atoms with Gasteiger partial charge < -0.3 is 10.1 Å². The highest BCUT2D eigenvalue weighted by atomic mass is 16.6. The van der Waals surface area contributed by atoms with Gasteiger partial charge in [-0.25, -0.2) is 0 Å². The van der Waals surface area contributed by atoms with Crippen LogP contribution in [-0.4, -0.2) is 10.8 Å². The van der Waals surface area contributed by atoms with Crippen molar-refractivity contribution < 1.29 is 14.5 Å². The molecule has 29 heavy (non-hydrogen) atoms. The van der Waals surface area contributed by atoms with Crippen molar-refractivity contribution in [2.75, 3.05) is 5.32 Å². The lowest BCUT2D eigenvalue weighted by Gasteiger charge is -2.19. The summed E-state index contributed by atoms with van der Waals surface area (Å²) in [5.41, 5.74) is 1.67. The molecule has 0 unspecified atom stereocenters. The van der Waals surface area contributed by atoms with E-state index in [0.717, 1.165) is 0 Å². The first-order valence-corrected chi connectivity index (χ1v) is 8.75. The molecular formula is C22H17N3O4. The molecule has 3 aromatic rings. The molecular weight excluding hydrogens is 370 g/mol. The number of nitro groups is 1. The second-order valence-electron chi connectivity index (χ2n) is 6.31. The molecule has 7 nitrogen and oxygen atoms in total. The molecule has 0 fully saturated rings. The quantitative estimate of drug-likeness (QED) is 0.494. The molecule has 0 saturated heterocycles. The van der Waals surface area contributed by atoms with Crippen LogP contribution in [0.1, 0.15) is 22.8 Å². The fourth-order valence-electron chi connectivity index (χ4n) is 2.74. The second-order valence-corrected chi connectivity index (χ2v) is 6.31. The van der Waals surface area contributed by atoms with E-state index in [2.05, 4.69) is 5.32 Å². The van der Waals surface area contributed by atoms with Gasteiger partial charge in [0.2, 0.25) is 6.10 Å². The molecule has 0 heterocycles. The van der Waals surface area contributed by atoms with E-state index >= 15 is 0 Å². The lowest BCUT2D eigenvalue weighted by Crippen LogP contribution is -2.26. The minimum Gasteiger partial charge on any atom is -0.476 e. The summed E-state index contributed by atoms with van der Waals surface area (Å²) in [4.78, 5) is 23.8. The zero-order valence-electron chi connectivity index (χ0n) is 15.5. The zero-order valence-corrected chi connectivity index (χ0v) is 15.5. The lowest BCUT2D eigenvalue weighted by molar-refractivity contribution is -0.384. The summed E-state index contributed by atoms with van der Waals surface area (Å²) in [6.45, 7) is 1.74. The van der Waals surface area contributed by atoms with Crippen LogP contribution >= 0.6 is 0 Å². The number of ether oxygens (including phenoxy) is 1. The Balaban J connectivity index is 1.91. The second kappa shape index (κ2) is 8.67. The number of nitrogens with one attached hydrogen (secondary N) is 1. The third kappa shape index (κ3) is 4.76. The van der Waals surface area contributed by atoms with Gasteiger partial charge in [0, 0.05) is 11.6 Å². The first kappa shape index (κ1) is 19.6. The first-order chi connectivity index (χ1) is 14.0. The van der Waals surface area contributed by atoms with Crippen LogP contribution in [0, 0.1) is 28.4 Å².